The first-order valence-electron chi connectivity index (χ1n) is 3.21. The Kier molecular flexibility index (Phi) is 3.24. The van der Waals surface area contributed by atoms with Crippen LogP contribution in [0, 0.1) is 19.6 Å². The van der Waals surface area contributed by atoms with E-state index >= 15 is 0 Å². The molecule has 4 nitrogen and oxygen atoms in total. The molecule has 0 N–H and O–H groups in total. The molecule has 0 aliphatic carbocycles. The normalized spacial score (nSPS) is 10.6. The molecule has 8 heteroatoms. The molecular formula is C6H2F3IN2O2. The van der Waals surface area contributed by atoms with Gasteiger partial charge >= 0.3 is 0 Å². The Balaban J connectivity index is 3.45. The van der Waals surface area contributed by atoms with Crippen molar-refractivity contribution < 1.29 is 18.1 Å². The number of nitro groups is 1. The van der Waals surface area contributed by atoms with Crippen molar-refractivity contribution in [1.29, 1.82) is 0 Å². The van der Waals surface area contributed by atoms with Crippen molar-refractivity contribution in [1.82, 2.24) is 4.98 Å². The fraction of sp³-hybridized carbons (Fsp3) is 0.167. The zero-order valence-electron chi connectivity index (χ0n) is 6.38. The first kappa shape index (κ1) is 11.1. The Morgan fingerprint density at radius 2 is 2.14 bits per heavy atom. The molecule has 0 amide bonds. The van der Waals surface area contributed by atoms with Gasteiger partial charge in [0.05, 0.1) is 4.92 Å². The number of alkyl halides is 2. The van der Waals surface area contributed by atoms with E-state index in [2.05, 4.69) is 4.98 Å². The van der Waals surface area contributed by atoms with Crippen molar-refractivity contribution in [2.24, 2.45) is 0 Å². The monoisotopic (exact) mass is 318 g/mol. The Morgan fingerprint density at radius 1 is 1.57 bits per heavy atom. The second-order valence-corrected chi connectivity index (χ2v) is 3.24. The number of aromatic nitrogens is 1. The van der Waals surface area contributed by atoms with E-state index in [4.69, 9.17) is 0 Å². The van der Waals surface area contributed by atoms with Gasteiger partial charge in [-0.1, -0.05) is 0 Å². The number of pyridine rings is 1. The van der Waals surface area contributed by atoms with Gasteiger partial charge in [-0.3, -0.25) is 10.1 Å². The first-order valence-corrected chi connectivity index (χ1v) is 4.29. The van der Waals surface area contributed by atoms with Crippen molar-refractivity contribution in [2.45, 2.75) is 6.43 Å². The van der Waals surface area contributed by atoms with Crippen LogP contribution in [0.2, 0.25) is 0 Å². The lowest BCUT2D eigenvalue weighted by Crippen LogP contribution is -2.03. The summed E-state index contributed by atoms with van der Waals surface area (Å²) in [4.78, 5) is 12.4. The van der Waals surface area contributed by atoms with Crippen LogP contribution in [0.15, 0.2) is 6.20 Å². The lowest BCUT2D eigenvalue weighted by atomic mass is 10.2. The minimum Gasteiger partial charge on any atom is -0.258 e. The molecule has 0 unspecified atom stereocenters. The molecule has 0 saturated heterocycles. The van der Waals surface area contributed by atoms with Gasteiger partial charge < -0.3 is 0 Å². The van der Waals surface area contributed by atoms with Crippen molar-refractivity contribution in [2.75, 3.05) is 0 Å². The van der Waals surface area contributed by atoms with E-state index in [0.29, 0.717) is 6.20 Å². The number of hydrogen-bond donors (Lipinski definition) is 0. The molecule has 0 atom stereocenters. The van der Waals surface area contributed by atoms with E-state index in [1.165, 1.54) is 22.6 Å². The second kappa shape index (κ2) is 4.07. The molecule has 0 fully saturated rings. The van der Waals surface area contributed by atoms with Crippen LogP contribution in [-0.4, -0.2) is 9.91 Å². The number of nitrogens with zero attached hydrogens (tertiary/aromatic N) is 2. The van der Waals surface area contributed by atoms with Gasteiger partial charge in [0.2, 0.25) is 0 Å². The van der Waals surface area contributed by atoms with Crippen molar-refractivity contribution in [3.63, 3.8) is 0 Å². The lowest BCUT2D eigenvalue weighted by molar-refractivity contribution is -0.386. The summed E-state index contributed by atoms with van der Waals surface area (Å²) in [6.45, 7) is 0. The average molecular weight is 318 g/mol. The molecule has 1 rings (SSSR count). The third kappa shape index (κ3) is 1.94. The second-order valence-electron chi connectivity index (χ2n) is 2.22. The summed E-state index contributed by atoms with van der Waals surface area (Å²) in [7, 11) is 0. The van der Waals surface area contributed by atoms with Gasteiger partial charge in [-0.25, -0.2) is 18.2 Å². The molecule has 0 spiro atoms. The van der Waals surface area contributed by atoms with Gasteiger partial charge in [-0.15, -0.1) is 0 Å². The molecule has 1 aromatic rings. The molecule has 0 aromatic carbocycles. The average Bonchev–Trinajstić information content (AvgIpc) is 2.08. The van der Waals surface area contributed by atoms with Gasteiger partial charge in [-0.2, -0.15) is 0 Å². The highest BCUT2D eigenvalue weighted by Gasteiger charge is 2.28. The maximum absolute atomic E-state index is 13.0. The smallest absolute Gasteiger partial charge is 0.258 e. The standard InChI is InChI=1S/C6H2F3IN2O2/c7-4-3(5(8)9)2(12(13)14)1-11-6(4)10/h1,5H. The molecular weight excluding hydrogens is 316 g/mol. The fourth-order valence-corrected chi connectivity index (χ4v) is 1.25. The molecule has 0 radical (unpaired) electrons. The Morgan fingerprint density at radius 3 is 2.57 bits per heavy atom. The van der Waals surface area contributed by atoms with Crippen molar-refractivity contribution >= 4 is 28.3 Å². The highest BCUT2D eigenvalue weighted by atomic mass is 127. The quantitative estimate of drug-likeness (QED) is 0.365. The maximum atomic E-state index is 13.0. The van der Waals surface area contributed by atoms with Crippen molar-refractivity contribution in [3.8, 4) is 0 Å². The van der Waals surface area contributed by atoms with Crippen molar-refractivity contribution in [3.05, 3.63) is 31.4 Å². The molecule has 0 bridgehead atoms. The van der Waals surface area contributed by atoms with E-state index in [0.717, 1.165) is 0 Å². The predicted octanol–water partition coefficient (Wildman–Crippen LogP) is 2.67. The third-order valence-electron chi connectivity index (χ3n) is 1.41. The topological polar surface area (TPSA) is 56.0 Å². The molecule has 1 heterocycles. The van der Waals surface area contributed by atoms with Crippen LogP contribution in [0.3, 0.4) is 0 Å². The summed E-state index contributed by atoms with van der Waals surface area (Å²) >= 11 is 1.38. The van der Waals surface area contributed by atoms with Gasteiger partial charge in [0.1, 0.15) is 15.5 Å². The van der Waals surface area contributed by atoms with E-state index in [1.54, 1.807) is 0 Å². The fourth-order valence-electron chi connectivity index (χ4n) is 0.821. The Labute approximate surface area is 89.4 Å². The van der Waals surface area contributed by atoms with Gasteiger partial charge in [0, 0.05) is 0 Å². The minimum atomic E-state index is -3.23. The predicted molar refractivity (Wildman–Crippen MR) is 48.5 cm³/mol. The summed E-state index contributed by atoms with van der Waals surface area (Å²) in [6.07, 6.45) is -2.61. The highest BCUT2D eigenvalue weighted by molar-refractivity contribution is 14.1. The molecule has 14 heavy (non-hydrogen) atoms. The summed E-state index contributed by atoms with van der Waals surface area (Å²) < 4.78 is 37.2. The van der Waals surface area contributed by atoms with E-state index < -0.39 is 28.4 Å². The van der Waals surface area contributed by atoms with Crippen LogP contribution >= 0.6 is 22.6 Å². The Bertz CT molecular complexity index is 386. The number of halogens is 4. The van der Waals surface area contributed by atoms with Gasteiger partial charge in [0.25, 0.3) is 12.1 Å². The molecule has 76 valence electrons. The summed E-state index contributed by atoms with van der Waals surface area (Å²) in [6, 6.07) is 0. The Hall–Kier alpha value is -0.930. The lowest BCUT2D eigenvalue weighted by Gasteiger charge is -2.03. The first-order chi connectivity index (χ1) is 6.45. The number of rotatable bonds is 2. The molecule has 0 aliphatic rings. The largest absolute Gasteiger partial charge is 0.299 e. The van der Waals surface area contributed by atoms with Crippen LogP contribution in [-0.2, 0) is 0 Å². The van der Waals surface area contributed by atoms with Crippen LogP contribution in [0.4, 0.5) is 18.9 Å². The van der Waals surface area contributed by atoms with Gasteiger partial charge in [0.15, 0.2) is 5.82 Å². The van der Waals surface area contributed by atoms with E-state index in [-0.39, 0.29) is 3.70 Å². The van der Waals surface area contributed by atoms with Crippen LogP contribution < -0.4 is 0 Å². The molecule has 0 saturated carbocycles. The summed E-state index contributed by atoms with van der Waals surface area (Å²) in [5.41, 5.74) is -2.22. The van der Waals surface area contributed by atoms with Gasteiger partial charge in [-0.05, 0) is 22.6 Å². The SMILES string of the molecule is O=[N+]([O-])c1cnc(I)c(F)c1C(F)F. The summed E-state index contributed by atoms with van der Waals surface area (Å²) in [5.74, 6) is -1.34. The number of hydrogen-bond acceptors (Lipinski definition) is 3. The highest BCUT2D eigenvalue weighted by Crippen LogP contribution is 2.31. The molecule has 0 aliphatic heterocycles. The van der Waals surface area contributed by atoms with E-state index in [1.807, 2.05) is 0 Å². The zero-order valence-corrected chi connectivity index (χ0v) is 8.53. The zero-order chi connectivity index (χ0) is 10.9. The molecule has 1 aromatic heterocycles. The minimum absolute atomic E-state index is 0.316. The van der Waals surface area contributed by atoms with Crippen LogP contribution in [0.25, 0.3) is 0 Å². The van der Waals surface area contributed by atoms with E-state index in [9.17, 15) is 23.3 Å². The third-order valence-corrected chi connectivity index (χ3v) is 2.16. The maximum Gasteiger partial charge on any atom is 0.299 e. The summed E-state index contributed by atoms with van der Waals surface area (Å²) in [5, 5.41) is 10.3. The van der Waals surface area contributed by atoms with Crippen LogP contribution in [0.5, 0.6) is 0 Å². The van der Waals surface area contributed by atoms with Crippen LogP contribution in [0.1, 0.15) is 12.0 Å².